The van der Waals surface area contributed by atoms with Crippen molar-refractivity contribution in [1.29, 1.82) is 0 Å². The molecule has 8 heteroatoms. The molecule has 1 aliphatic heterocycles. The molecule has 0 aromatic heterocycles. The highest BCUT2D eigenvalue weighted by Crippen LogP contribution is 2.37. The van der Waals surface area contributed by atoms with E-state index in [2.05, 4.69) is 33.9 Å². The third-order valence-electron chi connectivity index (χ3n) is 5.91. The molecule has 156 valence electrons. The summed E-state index contributed by atoms with van der Waals surface area (Å²) in [4.78, 5) is 28.6. The minimum Gasteiger partial charge on any atom is -0.414 e. The lowest BCUT2D eigenvalue weighted by molar-refractivity contribution is -0.161. The van der Waals surface area contributed by atoms with Gasteiger partial charge in [0, 0.05) is 19.7 Å². The highest BCUT2D eigenvalue weighted by atomic mass is 28.4. The number of hydrogen-bond donors (Lipinski definition) is 0. The fourth-order valence-electron chi connectivity index (χ4n) is 2.87. The molecule has 2 amide bonds. The summed E-state index contributed by atoms with van der Waals surface area (Å²) in [6.07, 6.45) is 0. The molecule has 1 fully saturated rings. The summed E-state index contributed by atoms with van der Waals surface area (Å²) in [6.45, 7) is 12.1. The first-order valence-corrected chi connectivity index (χ1v) is 12.3. The Balaban J connectivity index is 2.31. The molecule has 1 aromatic carbocycles. The Morgan fingerprint density at radius 3 is 2.11 bits per heavy atom. The molecule has 0 aliphatic carbocycles. The maximum absolute atomic E-state index is 13.6. The Hall–Kier alpha value is -1.80. The third-order valence-corrected chi connectivity index (χ3v) is 10.4. The molecule has 28 heavy (non-hydrogen) atoms. The average molecular weight is 413 g/mol. The minimum atomic E-state index is -2.15. The van der Waals surface area contributed by atoms with Gasteiger partial charge in [0.1, 0.15) is 23.7 Å². The Labute approximate surface area is 166 Å². The Morgan fingerprint density at radius 1 is 1.07 bits per heavy atom. The Kier molecular flexibility index (Phi) is 6.35. The predicted octanol–water partition coefficient (Wildman–Crippen LogP) is 3.54. The van der Waals surface area contributed by atoms with Crippen molar-refractivity contribution in [2.24, 2.45) is 0 Å². The van der Waals surface area contributed by atoms with Crippen LogP contribution in [0.3, 0.4) is 0 Å². The molecule has 0 unspecified atom stereocenters. The molecule has 0 saturated carbocycles. The second-order valence-electron chi connectivity index (χ2n) is 8.96. The van der Waals surface area contributed by atoms with Crippen LogP contribution < -0.4 is 0 Å². The summed E-state index contributed by atoms with van der Waals surface area (Å²) < 4.78 is 33.4. The first-order valence-electron chi connectivity index (χ1n) is 9.40. The van der Waals surface area contributed by atoms with Gasteiger partial charge >= 0.3 is 0 Å². The van der Waals surface area contributed by atoms with Gasteiger partial charge in [-0.1, -0.05) is 20.8 Å². The van der Waals surface area contributed by atoms with Gasteiger partial charge in [-0.25, -0.2) is 8.78 Å². The summed E-state index contributed by atoms with van der Waals surface area (Å²) in [6, 6.07) is 1.66. The highest BCUT2D eigenvalue weighted by molar-refractivity contribution is 6.74. The molecular formula is C20H30F2N2O3Si. The maximum Gasteiger partial charge on any atom is 0.248 e. The molecule has 1 heterocycles. The van der Waals surface area contributed by atoms with E-state index in [9.17, 15) is 18.4 Å². The molecule has 0 N–H and O–H groups in total. The summed E-state index contributed by atoms with van der Waals surface area (Å²) in [5, 5.41) is -0.0512. The fourth-order valence-corrected chi connectivity index (χ4v) is 3.88. The average Bonchev–Trinajstić information content (AvgIpc) is 2.55. The largest absolute Gasteiger partial charge is 0.414 e. The van der Waals surface area contributed by atoms with Gasteiger partial charge in [-0.15, -0.1) is 0 Å². The van der Waals surface area contributed by atoms with Crippen LogP contribution in [0.5, 0.6) is 0 Å². The zero-order chi connectivity index (χ0) is 21.4. The van der Waals surface area contributed by atoms with Gasteiger partial charge in [-0.2, -0.15) is 0 Å². The third kappa shape index (κ3) is 4.60. The van der Waals surface area contributed by atoms with Crippen LogP contribution in [0.15, 0.2) is 18.2 Å². The van der Waals surface area contributed by atoms with Crippen LogP contribution in [0.2, 0.25) is 18.1 Å². The lowest BCUT2D eigenvalue weighted by atomic mass is 10.0. The van der Waals surface area contributed by atoms with Gasteiger partial charge in [-0.3, -0.25) is 9.59 Å². The molecule has 1 aliphatic rings. The molecule has 2 atom stereocenters. The highest BCUT2D eigenvalue weighted by Gasteiger charge is 2.45. The van der Waals surface area contributed by atoms with E-state index in [0.717, 1.165) is 6.07 Å². The maximum atomic E-state index is 13.6. The SMILES string of the molecule is C[C@H]1C(=O)N(Cc2cc(F)cc(F)c2)[C@@H](CO[Si](C)(C)C(C)(C)C)C(=O)N1C. The number of amides is 2. The van der Waals surface area contributed by atoms with Crippen LogP contribution in [-0.4, -0.2) is 55.7 Å². The van der Waals surface area contributed by atoms with Gasteiger partial charge < -0.3 is 14.2 Å². The second-order valence-corrected chi connectivity index (χ2v) is 13.8. The number of hydrogen-bond acceptors (Lipinski definition) is 3. The van der Waals surface area contributed by atoms with Crippen molar-refractivity contribution < 1.29 is 22.8 Å². The van der Waals surface area contributed by atoms with Gasteiger partial charge in [0.05, 0.1) is 6.61 Å². The first kappa shape index (κ1) is 22.5. The second kappa shape index (κ2) is 7.91. The standard InChI is InChI=1S/C20H30F2N2O3Si/c1-13-18(25)24(11-14-8-15(21)10-16(22)9-14)17(19(26)23(13)5)12-27-28(6,7)20(2,3)4/h8-10,13,17H,11-12H2,1-7H3/t13-,17-/m0/s1. The molecule has 1 saturated heterocycles. The van der Waals surface area contributed by atoms with Crippen molar-refractivity contribution in [3.05, 3.63) is 35.4 Å². The summed E-state index contributed by atoms with van der Waals surface area (Å²) in [5.41, 5.74) is 0.299. The van der Waals surface area contributed by atoms with E-state index in [0.29, 0.717) is 5.56 Å². The number of carbonyl (C=O) groups excluding carboxylic acids is 2. The Bertz CT molecular complexity index is 744. The van der Waals surface area contributed by atoms with E-state index in [4.69, 9.17) is 4.43 Å². The number of likely N-dealkylation sites (N-methyl/N-ethyl adjacent to an activating group) is 1. The lowest BCUT2D eigenvalue weighted by Gasteiger charge is -2.44. The van der Waals surface area contributed by atoms with Gasteiger partial charge in [0.2, 0.25) is 11.8 Å². The van der Waals surface area contributed by atoms with Crippen molar-refractivity contribution in [3.8, 4) is 0 Å². The first-order chi connectivity index (χ1) is 12.7. The number of benzene rings is 1. The smallest absolute Gasteiger partial charge is 0.248 e. The number of rotatable bonds is 5. The molecule has 5 nitrogen and oxygen atoms in total. The number of halogens is 2. The van der Waals surface area contributed by atoms with Crippen LogP contribution in [-0.2, 0) is 20.6 Å². The normalized spacial score (nSPS) is 21.5. The van der Waals surface area contributed by atoms with Crippen molar-refractivity contribution in [3.63, 3.8) is 0 Å². The van der Waals surface area contributed by atoms with Crippen molar-refractivity contribution in [2.75, 3.05) is 13.7 Å². The molecule has 1 aromatic rings. The summed E-state index contributed by atoms with van der Waals surface area (Å²) >= 11 is 0. The quantitative estimate of drug-likeness (QED) is 0.695. The minimum absolute atomic E-state index is 0.0512. The van der Waals surface area contributed by atoms with E-state index in [-0.39, 0.29) is 30.0 Å². The lowest BCUT2D eigenvalue weighted by Crippen LogP contribution is -2.64. The number of nitrogens with zero attached hydrogens (tertiary/aromatic N) is 2. The predicted molar refractivity (Wildman–Crippen MR) is 106 cm³/mol. The van der Waals surface area contributed by atoms with Crippen molar-refractivity contribution in [1.82, 2.24) is 9.80 Å². The molecule has 0 spiro atoms. The topological polar surface area (TPSA) is 49.9 Å². The van der Waals surface area contributed by atoms with Crippen molar-refractivity contribution in [2.45, 2.75) is 64.5 Å². The van der Waals surface area contributed by atoms with Gasteiger partial charge in [-0.05, 0) is 42.8 Å². The van der Waals surface area contributed by atoms with Gasteiger partial charge in [0.15, 0.2) is 8.32 Å². The Morgan fingerprint density at radius 2 is 1.61 bits per heavy atom. The van der Waals surface area contributed by atoms with E-state index in [1.54, 1.807) is 14.0 Å². The van der Waals surface area contributed by atoms with Crippen LogP contribution in [0, 0.1) is 11.6 Å². The summed E-state index contributed by atoms with van der Waals surface area (Å²) in [5.74, 6) is -1.94. The molecular weight excluding hydrogens is 382 g/mol. The number of carbonyl (C=O) groups is 2. The van der Waals surface area contributed by atoms with Gasteiger partial charge in [0.25, 0.3) is 0 Å². The zero-order valence-corrected chi connectivity index (χ0v) is 18.7. The number of piperazine rings is 1. The molecule has 2 rings (SSSR count). The molecule has 0 bridgehead atoms. The fraction of sp³-hybridized carbons (Fsp3) is 0.600. The monoisotopic (exact) mass is 412 g/mol. The van der Waals surface area contributed by atoms with E-state index < -0.39 is 32.0 Å². The van der Waals surface area contributed by atoms with Crippen LogP contribution in [0.25, 0.3) is 0 Å². The molecule has 0 radical (unpaired) electrons. The van der Waals surface area contributed by atoms with E-state index in [1.807, 2.05) is 0 Å². The van der Waals surface area contributed by atoms with E-state index >= 15 is 0 Å². The van der Waals surface area contributed by atoms with E-state index in [1.165, 1.54) is 21.9 Å². The van der Waals surface area contributed by atoms with Crippen LogP contribution in [0.1, 0.15) is 33.3 Å². The van der Waals surface area contributed by atoms with Crippen LogP contribution in [0.4, 0.5) is 8.78 Å². The zero-order valence-electron chi connectivity index (χ0n) is 17.7. The van der Waals surface area contributed by atoms with Crippen molar-refractivity contribution >= 4 is 20.1 Å². The summed E-state index contributed by atoms with van der Waals surface area (Å²) in [7, 11) is -0.561. The van der Waals surface area contributed by atoms with Crippen LogP contribution >= 0.6 is 0 Å².